The summed E-state index contributed by atoms with van der Waals surface area (Å²) in [7, 11) is 0. The van der Waals surface area contributed by atoms with E-state index in [0.717, 1.165) is 17.7 Å². The molecule has 0 saturated heterocycles. The SMILES string of the molecule is O=C(NNCCO)c1[nH]c2cc(Cl)ccc2c1-c1c(-c2ccccc2)cnn1Cc1cc(F)c(F)c(F)c1. The van der Waals surface area contributed by atoms with Gasteiger partial charge in [-0.15, -0.1) is 0 Å². The minimum atomic E-state index is -1.55. The zero-order valence-electron chi connectivity index (χ0n) is 19.7. The van der Waals surface area contributed by atoms with E-state index in [9.17, 15) is 18.0 Å². The Balaban J connectivity index is 1.74. The number of benzene rings is 3. The van der Waals surface area contributed by atoms with Gasteiger partial charge in [0, 0.05) is 33.6 Å². The molecular formula is C27H21ClF3N5O2. The molecule has 7 nitrogen and oxygen atoms in total. The topological polar surface area (TPSA) is 95.0 Å². The number of rotatable bonds is 8. The average molecular weight is 540 g/mol. The molecule has 0 aliphatic carbocycles. The van der Waals surface area contributed by atoms with E-state index < -0.39 is 23.4 Å². The number of aromatic nitrogens is 3. The van der Waals surface area contributed by atoms with Crippen molar-refractivity contribution in [3.63, 3.8) is 0 Å². The molecule has 0 saturated carbocycles. The van der Waals surface area contributed by atoms with Gasteiger partial charge in [0.15, 0.2) is 17.5 Å². The largest absolute Gasteiger partial charge is 0.395 e. The van der Waals surface area contributed by atoms with Crippen LogP contribution in [0, 0.1) is 17.5 Å². The van der Waals surface area contributed by atoms with Crippen LogP contribution in [0.5, 0.6) is 0 Å². The number of hydrazine groups is 1. The van der Waals surface area contributed by atoms with Crippen molar-refractivity contribution < 1.29 is 23.1 Å². The lowest BCUT2D eigenvalue weighted by molar-refractivity contribution is 0.0926. The van der Waals surface area contributed by atoms with Gasteiger partial charge in [0.2, 0.25) is 0 Å². The molecule has 4 N–H and O–H groups in total. The number of nitrogens with zero attached hydrogens (tertiary/aromatic N) is 2. The fraction of sp³-hybridized carbons (Fsp3) is 0.111. The van der Waals surface area contributed by atoms with E-state index >= 15 is 0 Å². The summed E-state index contributed by atoms with van der Waals surface area (Å²) < 4.78 is 43.1. The Morgan fingerprint density at radius 1 is 1.05 bits per heavy atom. The van der Waals surface area contributed by atoms with Gasteiger partial charge in [0.25, 0.3) is 5.91 Å². The lowest BCUT2D eigenvalue weighted by Crippen LogP contribution is -2.39. The van der Waals surface area contributed by atoms with Crippen molar-refractivity contribution in [2.45, 2.75) is 6.54 Å². The van der Waals surface area contributed by atoms with Crippen LogP contribution in [0.3, 0.4) is 0 Å². The Bertz CT molecular complexity index is 1610. The zero-order chi connectivity index (χ0) is 26.8. The van der Waals surface area contributed by atoms with E-state index in [1.54, 1.807) is 24.4 Å². The summed E-state index contributed by atoms with van der Waals surface area (Å²) in [6.45, 7) is -0.173. The lowest BCUT2D eigenvalue weighted by atomic mass is 9.98. The molecule has 2 heterocycles. The first kappa shape index (κ1) is 25.5. The van der Waals surface area contributed by atoms with Crippen molar-refractivity contribution in [1.29, 1.82) is 0 Å². The fourth-order valence-corrected chi connectivity index (χ4v) is 4.49. The number of carbonyl (C=O) groups is 1. The number of hydrogen-bond acceptors (Lipinski definition) is 4. The molecule has 0 unspecified atom stereocenters. The fourth-order valence-electron chi connectivity index (χ4n) is 4.32. The molecule has 0 aliphatic heterocycles. The first-order chi connectivity index (χ1) is 18.4. The van der Waals surface area contributed by atoms with Crippen molar-refractivity contribution in [2.75, 3.05) is 13.2 Å². The van der Waals surface area contributed by atoms with Crippen LogP contribution in [-0.2, 0) is 6.54 Å². The van der Waals surface area contributed by atoms with E-state index in [1.165, 1.54) is 4.68 Å². The van der Waals surface area contributed by atoms with Crippen molar-refractivity contribution in [2.24, 2.45) is 0 Å². The maximum absolute atomic E-state index is 14.0. The third-order valence-electron chi connectivity index (χ3n) is 5.96. The molecule has 38 heavy (non-hydrogen) atoms. The number of amides is 1. The highest BCUT2D eigenvalue weighted by atomic mass is 35.5. The van der Waals surface area contributed by atoms with Crippen LogP contribution in [-0.4, -0.2) is 38.9 Å². The first-order valence-electron chi connectivity index (χ1n) is 11.6. The Kier molecular flexibility index (Phi) is 7.19. The van der Waals surface area contributed by atoms with Crippen molar-refractivity contribution in [3.05, 3.63) is 101 Å². The minimum absolute atomic E-state index is 0.111. The van der Waals surface area contributed by atoms with Gasteiger partial charge in [0.1, 0.15) is 5.69 Å². The normalized spacial score (nSPS) is 11.3. The van der Waals surface area contributed by atoms with Gasteiger partial charge in [-0.1, -0.05) is 48.0 Å². The smallest absolute Gasteiger partial charge is 0.282 e. The van der Waals surface area contributed by atoms with Gasteiger partial charge in [0.05, 0.1) is 25.0 Å². The summed E-state index contributed by atoms with van der Waals surface area (Å²) >= 11 is 6.22. The summed E-state index contributed by atoms with van der Waals surface area (Å²) in [5, 5.41) is 14.7. The number of hydrogen-bond donors (Lipinski definition) is 4. The summed E-state index contributed by atoms with van der Waals surface area (Å²) in [4.78, 5) is 16.4. The highest BCUT2D eigenvalue weighted by Gasteiger charge is 2.26. The molecular weight excluding hydrogens is 519 g/mol. The zero-order valence-corrected chi connectivity index (χ0v) is 20.5. The van der Waals surface area contributed by atoms with Gasteiger partial charge in [-0.25, -0.2) is 18.6 Å². The monoisotopic (exact) mass is 539 g/mol. The standard InChI is InChI=1S/C27H21ClF3N5O2/c28-17-6-7-18-22(12-17)34-25(27(38)35-32-8-9-37)23(18)26-19(16-4-2-1-3-5-16)13-33-36(26)14-15-10-20(29)24(31)21(30)11-15/h1-7,10-13,32,34,37H,8-9,14H2,(H,35,38). The molecule has 194 valence electrons. The molecule has 0 bridgehead atoms. The van der Waals surface area contributed by atoms with Gasteiger partial charge in [-0.05, 0) is 35.4 Å². The summed E-state index contributed by atoms with van der Waals surface area (Å²) in [6, 6.07) is 16.2. The molecule has 3 aromatic carbocycles. The van der Waals surface area contributed by atoms with Gasteiger partial charge in [-0.2, -0.15) is 5.10 Å². The lowest BCUT2D eigenvalue weighted by Gasteiger charge is -2.13. The number of nitrogens with one attached hydrogen (secondary N) is 3. The van der Waals surface area contributed by atoms with Crippen LogP contribution in [0.4, 0.5) is 13.2 Å². The second-order valence-electron chi connectivity index (χ2n) is 8.47. The molecule has 11 heteroatoms. The summed E-state index contributed by atoms with van der Waals surface area (Å²) in [5.41, 5.74) is 8.48. The van der Waals surface area contributed by atoms with E-state index in [-0.39, 0.29) is 31.0 Å². The molecule has 2 aromatic heterocycles. The highest BCUT2D eigenvalue weighted by Crippen LogP contribution is 2.40. The molecule has 0 fully saturated rings. The maximum Gasteiger partial charge on any atom is 0.282 e. The van der Waals surface area contributed by atoms with Gasteiger partial charge >= 0.3 is 0 Å². The third-order valence-corrected chi connectivity index (χ3v) is 6.20. The van der Waals surface area contributed by atoms with Gasteiger partial charge in [-0.3, -0.25) is 14.9 Å². The van der Waals surface area contributed by atoms with Crippen LogP contribution in [0.25, 0.3) is 33.3 Å². The molecule has 1 amide bonds. The van der Waals surface area contributed by atoms with E-state index in [0.29, 0.717) is 32.7 Å². The average Bonchev–Trinajstić information content (AvgIpc) is 3.48. The van der Waals surface area contributed by atoms with Crippen molar-refractivity contribution >= 4 is 28.4 Å². The second kappa shape index (κ2) is 10.7. The quantitative estimate of drug-likeness (QED) is 0.126. The molecule has 0 aliphatic rings. The van der Waals surface area contributed by atoms with Crippen LogP contribution in [0.15, 0.2) is 66.9 Å². The van der Waals surface area contributed by atoms with E-state index in [4.69, 9.17) is 16.7 Å². The van der Waals surface area contributed by atoms with Gasteiger partial charge < -0.3 is 10.1 Å². The molecule has 5 aromatic rings. The maximum atomic E-state index is 14.0. The predicted molar refractivity (Wildman–Crippen MR) is 138 cm³/mol. The molecule has 0 radical (unpaired) electrons. The number of fused-ring (bicyclic) bond motifs is 1. The van der Waals surface area contributed by atoms with Crippen LogP contribution in [0.1, 0.15) is 16.1 Å². The van der Waals surface area contributed by atoms with Crippen LogP contribution in [0.2, 0.25) is 5.02 Å². The Morgan fingerprint density at radius 2 is 1.79 bits per heavy atom. The molecule has 0 spiro atoms. The highest BCUT2D eigenvalue weighted by molar-refractivity contribution is 6.31. The van der Waals surface area contributed by atoms with Crippen LogP contribution >= 0.6 is 11.6 Å². The first-order valence-corrected chi connectivity index (χ1v) is 12.0. The minimum Gasteiger partial charge on any atom is -0.395 e. The molecule has 5 rings (SSSR count). The number of halogens is 4. The summed E-state index contributed by atoms with van der Waals surface area (Å²) in [6.07, 6.45) is 1.60. The number of aliphatic hydroxyl groups excluding tert-OH is 1. The third kappa shape index (κ3) is 4.89. The van der Waals surface area contributed by atoms with Crippen molar-refractivity contribution in [1.82, 2.24) is 25.6 Å². The van der Waals surface area contributed by atoms with Crippen LogP contribution < -0.4 is 10.9 Å². The van der Waals surface area contributed by atoms with E-state index in [2.05, 4.69) is 20.9 Å². The second-order valence-corrected chi connectivity index (χ2v) is 8.91. The predicted octanol–water partition coefficient (Wildman–Crippen LogP) is 5.04. The Hall–Kier alpha value is -4.12. The Labute approximate surface area is 219 Å². The van der Waals surface area contributed by atoms with Crippen molar-refractivity contribution in [3.8, 4) is 22.4 Å². The van der Waals surface area contributed by atoms with E-state index in [1.807, 2.05) is 30.3 Å². The Morgan fingerprint density at radius 3 is 2.50 bits per heavy atom. The number of carbonyl (C=O) groups excluding carboxylic acids is 1. The molecule has 0 atom stereocenters. The summed E-state index contributed by atoms with van der Waals surface area (Å²) in [5.74, 6) is -4.70. The number of H-pyrrole nitrogens is 1. The number of aromatic amines is 1. The number of aliphatic hydroxyl groups is 1.